The summed E-state index contributed by atoms with van der Waals surface area (Å²) in [6, 6.07) is 2.72. The van der Waals surface area contributed by atoms with Crippen LogP contribution < -0.4 is 5.32 Å². The summed E-state index contributed by atoms with van der Waals surface area (Å²) in [5.41, 5.74) is 0.320. The van der Waals surface area contributed by atoms with Gasteiger partial charge in [0.1, 0.15) is 0 Å². The fraction of sp³-hybridized carbons (Fsp3) is 0.636. The summed E-state index contributed by atoms with van der Waals surface area (Å²) in [4.78, 5) is 1.26. The third kappa shape index (κ3) is 2.35. The van der Waals surface area contributed by atoms with Crippen molar-refractivity contribution >= 4 is 11.3 Å². The van der Waals surface area contributed by atoms with Crippen LogP contribution in [0.15, 0.2) is 11.4 Å². The van der Waals surface area contributed by atoms with E-state index in [9.17, 15) is 5.11 Å². The van der Waals surface area contributed by atoms with Crippen LogP contribution in [0.3, 0.4) is 0 Å². The van der Waals surface area contributed by atoms with Crippen LogP contribution in [0.1, 0.15) is 30.2 Å². The van der Waals surface area contributed by atoms with Crippen molar-refractivity contribution < 1.29 is 5.11 Å². The molecule has 1 heterocycles. The molecule has 1 unspecified atom stereocenters. The van der Waals surface area contributed by atoms with Crippen LogP contribution in [0.25, 0.3) is 0 Å². The number of nitrogens with one attached hydrogen (secondary N) is 1. The van der Waals surface area contributed by atoms with Gasteiger partial charge in [0.2, 0.25) is 0 Å². The molecule has 0 radical (unpaired) electrons. The molecule has 0 spiro atoms. The third-order valence-electron chi connectivity index (χ3n) is 2.66. The summed E-state index contributed by atoms with van der Waals surface area (Å²) >= 11 is 1.69. The highest BCUT2D eigenvalue weighted by Crippen LogP contribution is 2.26. The lowest BCUT2D eigenvalue weighted by atomic mass is 9.99. The molecule has 2 nitrogen and oxygen atoms in total. The van der Waals surface area contributed by atoms with E-state index in [0.29, 0.717) is 12.6 Å². The van der Waals surface area contributed by atoms with Gasteiger partial charge in [-0.25, -0.2) is 0 Å². The second kappa shape index (κ2) is 3.65. The van der Waals surface area contributed by atoms with E-state index in [1.54, 1.807) is 11.3 Å². The van der Waals surface area contributed by atoms with Crippen LogP contribution in [0.4, 0.5) is 0 Å². The SMILES string of the molecule is Cc1cc(C(C)(O)CNC2CC2)cs1. The minimum absolute atomic E-state index is 0.654. The number of aliphatic hydroxyl groups is 1. The Morgan fingerprint density at radius 2 is 2.36 bits per heavy atom. The Bertz CT molecular complexity index is 315. The van der Waals surface area contributed by atoms with E-state index in [1.165, 1.54) is 17.7 Å². The van der Waals surface area contributed by atoms with Crippen LogP contribution >= 0.6 is 11.3 Å². The van der Waals surface area contributed by atoms with Gasteiger partial charge in [-0.2, -0.15) is 0 Å². The quantitative estimate of drug-likeness (QED) is 0.798. The zero-order chi connectivity index (χ0) is 10.2. The van der Waals surface area contributed by atoms with Gasteiger partial charge in [-0.3, -0.25) is 0 Å². The third-order valence-corrected chi connectivity index (χ3v) is 3.53. The predicted molar refractivity (Wildman–Crippen MR) is 59.7 cm³/mol. The number of hydrogen-bond donors (Lipinski definition) is 2. The van der Waals surface area contributed by atoms with E-state index in [4.69, 9.17) is 0 Å². The van der Waals surface area contributed by atoms with Crippen molar-refractivity contribution in [3.8, 4) is 0 Å². The van der Waals surface area contributed by atoms with Crippen molar-refractivity contribution in [3.63, 3.8) is 0 Å². The first-order valence-corrected chi connectivity index (χ1v) is 5.97. The molecule has 0 saturated heterocycles. The Morgan fingerprint density at radius 3 is 2.86 bits per heavy atom. The molecule has 1 aliphatic rings. The molecule has 78 valence electrons. The van der Waals surface area contributed by atoms with Crippen LogP contribution in [0, 0.1) is 6.92 Å². The summed E-state index contributed by atoms with van der Waals surface area (Å²) in [7, 11) is 0. The van der Waals surface area contributed by atoms with Gasteiger partial charge in [0.15, 0.2) is 0 Å². The molecule has 14 heavy (non-hydrogen) atoms. The van der Waals surface area contributed by atoms with Crippen molar-refractivity contribution in [1.82, 2.24) is 5.32 Å². The molecule has 1 atom stereocenters. The first kappa shape index (κ1) is 10.1. The molecule has 3 heteroatoms. The first-order valence-electron chi connectivity index (χ1n) is 5.09. The maximum absolute atomic E-state index is 10.2. The molecular weight excluding hydrogens is 194 g/mol. The van der Waals surface area contributed by atoms with Crippen LogP contribution in [-0.2, 0) is 5.60 Å². The molecule has 1 aliphatic carbocycles. The van der Waals surface area contributed by atoms with Crippen molar-refractivity contribution in [3.05, 3.63) is 21.9 Å². The highest BCUT2D eigenvalue weighted by atomic mass is 32.1. The van der Waals surface area contributed by atoms with Crippen LogP contribution in [0.5, 0.6) is 0 Å². The van der Waals surface area contributed by atoms with Crippen molar-refractivity contribution in [2.45, 2.75) is 38.3 Å². The summed E-state index contributed by atoms with van der Waals surface area (Å²) in [6.45, 7) is 4.61. The Morgan fingerprint density at radius 1 is 1.64 bits per heavy atom. The number of hydrogen-bond acceptors (Lipinski definition) is 3. The average molecular weight is 211 g/mol. The molecule has 1 saturated carbocycles. The molecule has 1 aromatic heterocycles. The van der Waals surface area contributed by atoms with Gasteiger partial charge in [0.25, 0.3) is 0 Å². The highest BCUT2D eigenvalue weighted by Gasteiger charge is 2.28. The molecule has 2 rings (SSSR count). The zero-order valence-electron chi connectivity index (χ0n) is 8.71. The summed E-state index contributed by atoms with van der Waals surface area (Å²) < 4.78 is 0. The Kier molecular flexibility index (Phi) is 2.64. The molecule has 0 bridgehead atoms. The standard InChI is InChI=1S/C11H17NOS/c1-8-5-9(6-14-8)11(2,13)7-12-10-3-4-10/h5-6,10,12-13H,3-4,7H2,1-2H3. The van der Waals surface area contributed by atoms with Crippen LogP contribution in [-0.4, -0.2) is 17.7 Å². The first-order chi connectivity index (χ1) is 6.58. The van der Waals surface area contributed by atoms with Gasteiger partial charge >= 0.3 is 0 Å². The lowest BCUT2D eigenvalue weighted by Gasteiger charge is -2.22. The maximum atomic E-state index is 10.2. The summed E-state index contributed by atoms with van der Waals surface area (Å²) in [5, 5.41) is 15.6. The molecule has 1 fully saturated rings. The minimum atomic E-state index is -0.715. The van der Waals surface area contributed by atoms with E-state index in [-0.39, 0.29) is 0 Å². The largest absolute Gasteiger partial charge is 0.384 e. The second-order valence-electron chi connectivity index (χ2n) is 4.38. The van der Waals surface area contributed by atoms with Gasteiger partial charge in [0, 0.05) is 17.5 Å². The van der Waals surface area contributed by atoms with Gasteiger partial charge in [0.05, 0.1) is 5.60 Å². The summed E-state index contributed by atoms with van der Waals surface area (Å²) in [5.74, 6) is 0. The fourth-order valence-electron chi connectivity index (χ4n) is 1.46. The smallest absolute Gasteiger partial charge is 0.1000 e. The van der Waals surface area contributed by atoms with Gasteiger partial charge < -0.3 is 10.4 Å². The van der Waals surface area contributed by atoms with E-state index in [2.05, 4.69) is 18.3 Å². The van der Waals surface area contributed by atoms with Gasteiger partial charge in [-0.05, 0) is 43.7 Å². The fourth-order valence-corrected chi connectivity index (χ4v) is 2.29. The zero-order valence-corrected chi connectivity index (χ0v) is 9.53. The number of aryl methyl sites for hydroxylation is 1. The monoisotopic (exact) mass is 211 g/mol. The highest BCUT2D eigenvalue weighted by molar-refractivity contribution is 7.10. The molecule has 1 aromatic rings. The Balaban J connectivity index is 1.98. The van der Waals surface area contributed by atoms with Crippen molar-refractivity contribution in [2.24, 2.45) is 0 Å². The van der Waals surface area contributed by atoms with E-state index in [0.717, 1.165) is 5.56 Å². The van der Waals surface area contributed by atoms with Gasteiger partial charge in [-0.1, -0.05) is 0 Å². The predicted octanol–water partition coefficient (Wildman–Crippen LogP) is 2.02. The molecule has 2 N–H and O–H groups in total. The number of thiophene rings is 1. The Hall–Kier alpha value is -0.380. The van der Waals surface area contributed by atoms with Crippen LogP contribution in [0.2, 0.25) is 0 Å². The van der Waals surface area contributed by atoms with E-state index >= 15 is 0 Å². The van der Waals surface area contributed by atoms with E-state index in [1.807, 2.05) is 12.3 Å². The number of rotatable bonds is 4. The normalized spacial score (nSPS) is 20.8. The average Bonchev–Trinajstić information content (AvgIpc) is 2.85. The Labute approximate surface area is 89.0 Å². The molecule has 0 amide bonds. The van der Waals surface area contributed by atoms with Gasteiger partial charge in [-0.15, -0.1) is 11.3 Å². The molecular formula is C11H17NOS. The lowest BCUT2D eigenvalue weighted by Crippen LogP contribution is -2.36. The van der Waals surface area contributed by atoms with Crippen molar-refractivity contribution in [2.75, 3.05) is 6.54 Å². The topological polar surface area (TPSA) is 32.3 Å². The van der Waals surface area contributed by atoms with Crippen molar-refractivity contribution in [1.29, 1.82) is 0 Å². The summed E-state index contributed by atoms with van der Waals surface area (Å²) in [6.07, 6.45) is 2.53. The molecule has 0 aromatic carbocycles. The minimum Gasteiger partial charge on any atom is -0.384 e. The molecule has 0 aliphatic heterocycles. The maximum Gasteiger partial charge on any atom is 0.1000 e. The lowest BCUT2D eigenvalue weighted by molar-refractivity contribution is 0.0570. The second-order valence-corrected chi connectivity index (χ2v) is 5.49. The van der Waals surface area contributed by atoms with E-state index < -0.39 is 5.60 Å².